The minimum Gasteiger partial charge on any atom is -0.490 e. The smallest absolute Gasteiger partial charge is 0.261 e. The van der Waals surface area contributed by atoms with Gasteiger partial charge in [-0.05, 0) is 77.3 Å². The number of nitrogens with one attached hydrogen (secondary N) is 2. The Morgan fingerprint density at radius 2 is 1.92 bits per heavy atom. The molecule has 0 unspecified atom stereocenters. The monoisotopic (exact) mass is 534 g/mol. The minimum absolute atomic E-state index is 0.217. The second-order valence-electron chi connectivity index (χ2n) is 4.90. The molecule has 0 aliphatic carbocycles. The average Bonchev–Trinajstić information content (AvgIpc) is 2.58. The summed E-state index contributed by atoms with van der Waals surface area (Å²) in [6.07, 6.45) is 0. The lowest BCUT2D eigenvalue weighted by atomic mass is 10.2. The van der Waals surface area contributed by atoms with Gasteiger partial charge in [-0.2, -0.15) is 0 Å². The van der Waals surface area contributed by atoms with Crippen LogP contribution in [-0.4, -0.2) is 31.3 Å². The Bertz CT molecular complexity index is 756. The standard InChI is InChI=1S/C17H16BrIN2O3S/c1-23-8-9-24-15-7-2-11(18)10-14(15)16(22)21-17(25)20-13-5-3-12(19)4-6-13/h2-7,10H,8-9H2,1H3,(H2,20,21,22,25). The van der Waals surface area contributed by atoms with Crippen molar-refractivity contribution in [3.63, 3.8) is 0 Å². The Morgan fingerprint density at radius 3 is 2.60 bits per heavy atom. The first-order chi connectivity index (χ1) is 12.0. The number of benzene rings is 2. The SMILES string of the molecule is COCCOc1ccc(Br)cc1C(=O)NC(=S)Nc1ccc(I)cc1. The summed E-state index contributed by atoms with van der Waals surface area (Å²) in [6, 6.07) is 12.9. The van der Waals surface area contributed by atoms with E-state index < -0.39 is 0 Å². The van der Waals surface area contributed by atoms with Gasteiger partial charge in [0.25, 0.3) is 5.91 Å². The van der Waals surface area contributed by atoms with Crippen molar-refractivity contribution in [3.8, 4) is 5.75 Å². The van der Waals surface area contributed by atoms with Gasteiger partial charge >= 0.3 is 0 Å². The zero-order valence-corrected chi connectivity index (χ0v) is 17.9. The fourth-order valence-electron chi connectivity index (χ4n) is 1.91. The highest BCUT2D eigenvalue weighted by atomic mass is 127. The van der Waals surface area contributed by atoms with Crippen LogP contribution < -0.4 is 15.4 Å². The van der Waals surface area contributed by atoms with Crippen LogP contribution in [0.5, 0.6) is 5.75 Å². The predicted octanol–water partition coefficient (Wildman–Crippen LogP) is 4.21. The summed E-state index contributed by atoms with van der Waals surface area (Å²) in [4.78, 5) is 12.5. The summed E-state index contributed by atoms with van der Waals surface area (Å²) < 4.78 is 12.4. The lowest BCUT2D eigenvalue weighted by Gasteiger charge is -2.13. The number of carbonyl (C=O) groups excluding carboxylic acids is 1. The van der Waals surface area contributed by atoms with E-state index in [2.05, 4.69) is 49.2 Å². The largest absolute Gasteiger partial charge is 0.490 e. The quantitative estimate of drug-likeness (QED) is 0.330. The molecule has 0 bridgehead atoms. The maximum absolute atomic E-state index is 12.5. The van der Waals surface area contributed by atoms with Gasteiger partial charge in [-0.15, -0.1) is 0 Å². The van der Waals surface area contributed by atoms with Gasteiger partial charge in [0.15, 0.2) is 5.11 Å². The summed E-state index contributed by atoms with van der Waals surface area (Å²) >= 11 is 10.8. The predicted molar refractivity (Wildman–Crippen MR) is 114 cm³/mol. The first-order valence-corrected chi connectivity index (χ1v) is 9.57. The topological polar surface area (TPSA) is 59.6 Å². The van der Waals surface area contributed by atoms with Crippen LogP contribution in [0, 0.1) is 3.57 Å². The molecule has 8 heteroatoms. The molecule has 0 saturated carbocycles. The fourth-order valence-corrected chi connectivity index (χ4v) is 2.84. The third-order valence-corrected chi connectivity index (χ3v) is 4.48. The molecule has 2 N–H and O–H groups in total. The molecule has 2 aromatic rings. The number of carbonyl (C=O) groups is 1. The van der Waals surface area contributed by atoms with Gasteiger partial charge in [-0.3, -0.25) is 10.1 Å². The molecule has 0 fully saturated rings. The van der Waals surface area contributed by atoms with E-state index in [1.165, 1.54) is 0 Å². The van der Waals surface area contributed by atoms with E-state index in [0.717, 1.165) is 13.7 Å². The fraction of sp³-hybridized carbons (Fsp3) is 0.176. The third kappa shape index (κ3) is 6.53. The molecule has 0 radical (unpaired) electrons. The molecule has 25 heavy (non-hydrogen) atoms. The Morgan fingerprint density at radius 1 is 1.20 bits per heavy atom. The van der Waals surface area contributed by atoms with E-state index >= 15 is 0 Å². The van der Waals surface area contributed by atoms with E-state index in [1.807, 2.05) is 24.3 Å². The van der Waals surface area contributed by atoms with Crippen molar-refractivity contribution in [2.45, 2.75) is 0 Å². The summed E-state index contributed by atoms with van der Waals surface area (Å²) in [6.45, 7) is 0.785. The molecular weight excluding hydrogens is 519 g/mol. The summed E-state index contributed by atoms with van der Waals surface area (Å²) in [7, 11) is 1.59. The van der Waals surface area contributed by atoms with Gasteiger partial charge in [0, 0.05) is 20.8 Å². The Kier molecular flexibility index (Phi) is 8.07. The molecule has 0 aromatic heterocycles. The van der Waals surface area contributed by atoms with Gasteiger partial charge in [0.2, 0.25) is 0 Å². The van der Waals surface area contributed by atoms with Crippen molar-refractivity contribution < 1.29 is 14.3 Å². The maximum atomic E-state index is 12.5. The number of thiocarbonyl (C=S) groups is 1. The van der Waals surface area contributed by atoms with E-state index in [9.17, 15) is 4.79 Å². The van der Waals surface area contributed by atoms with E-state index in [0.29, 0.717) is 24.5 Å². The number of rotatable bonds is 6. The lowest BCUT2D eigenvalue weighted by molar-refractivity contribution is 0.0969. The molecule has 0 saturated heterocycles. The normalized spacial score (nSPS) is 10.2. The highest BCUT2D eigenvalue weighted by Gasteiger charge is 2.15. The van der Waals surface area contributed by atoms with Crippen LogP contribution in [0.4, 0.5) is 5.69 Å². The van der Waals surface area contributed by atoms with Crippen LogP contribution in [0.1, 0.15) is 10.4 Å². The number of ether oxygens (including phenoxy) is 2. The zero-order chi connectivity index (χ0) is 18.2. The van der Waals surface area contributed by atoms with E-state index in [4.69, 9.17) is 21.7 Å². The minimum atomic E-state index is -0.350. The molecule has 0 aliphatic rings. The lowest BCUT2D eigenvalue weighted by Crippen LogP contribution is -2.34. The van der Waals surface area contributed by atoms with Crippen molar-refractivity contribution in [1.29, 1.82) is 0 Å². The second-order valence-corrected chi connectivity index (χ2v) is 7.47. The van der Waals surface area contributed by atoms with Crippen molar-refractivity contribution in [2.24, 2.45) is 0 Å². The molecule has 2 aromatic carbocycles. The van der Waals surface area contributed by atoms with Gasteiger partial charge in [0.05, 0.1) is 12.2 Å². The number of methoxy groups -OCH3 is 1. The number of hydrogen-bond acceptors (Lipinski definition) is 4. The highest BCUT2D eigenvalue weighted by Crippen LogP contribution is 2.23. The number of anilines is 1. The number of halogens is 2. The maximum Gasteiger partial charge on any atom is 0.261 e. The first-order valence-electron chi connectivity index (χ1n) is 7.29. The first kappa shape index (κ1) is 20.1. The Labute approximate surface area is 173 Å². The Hall–Kier alpha value is -1.23. The van der Waals surface area contributed by atoms with E-state index in [-0.39, 0.29) is 11.0 Å². The highest BCUT2D eigenvalue weighted by molar-refractivity contribution is 14.1. The zero-order valence-electron chi connectivity index (χ0n) is 13.3. The second kappa shape index (κ2) is 10.0. The van der Waals surface area contributed by atoms with Crippen LogP contribution in [0.15, 0.2) is 46.9 Å². The summed E-state index contributed by atoms with van der Waals surface area (Å²) in [5.74, 6) is 0.117. The van der Waals surface area contributed by atoms with Crippen molar-refractivity contribution in [3.05, 3.63) is 56.1 Å². The molecule has 132 valence electrons. The van der Waals surface area contributed by atoms with Gasteiger partial charge in [0.1, 0.15) is 12.4 Å². The van der Waals surface area contributed by atoms with Crippen LogP contribution in [0.2, 0.25) is 0 Å². The molecule has 0 atom stereocenters. The molecule has 0 spiro atoms. The number of amides is 1. The number of hydrogen-bond donors (Lipinski definition) is 2. The summed E-state index contributed by atoms with van der Waals surface area (Å²) in [5, 5.41) is 5.86. The average molecular weight is 535 g/mol. The van der Waals surface area contributed by atoms with Crippen LogP contribution in [0.25, 0.3) is 0 Å². The van der Waals surface area contributed by atoms with Crippen LogP contribution >= 0.6 is 50.7 Å². The molecule has 0 aliphatic heterocycles. The van der Waals surface area contributed by atoms with Crippen molar-refractivity contribution in [2.75, 3.05) is 25.6 Å². The Balaban J connectivity index is 2.04. The van der Waals surface area contributed by atoms with Gasteiger partial charge in [-0.25, -0.2) is 0 Å². The molecule has 1 amide bonds. The van der Waals surface area contributed by atoms with Crippen LogP contribution in [0.3, 0.4) is 0 Å². The molecular formula is C17H16BrIN2O3S. The molecule has 5 nitrogen and oxygen atoms in total. The van der Waals surface area contributed by atoms with E-state index in [1.54, 1.807) is 25.3 Å². The van der Waals surface area contributed by atoms with Crippen molar-refractivity contribution in [1.82, 2.24) is 5.32 Å². The molecule has 2 rings (SSSR count). The third-order valence-electron chi connectivity index (χ3n) is 3.06. The molecule has 0 heterocycles. The van der Waals surface area contributed by atoms with Crippen LogP contribution in [-0.2, 0) is 4.74 Å². The summed E-state index contributed by atoms with van der Waals surface area (Å²) in [5.41, 5.74) is 1.19. The van der Waals surface area contributed by atoms with Gasteiger partial charge in [-0.1, -0.05) is 15.9 Å². The van der Waals surface area contributed by atoms with Gasteiger partial charge < -0.3 is 14.8 Å². The van der Waals surface area contributed by atoms with Crippen molar-refractivity contribution >= 4 is 67.4 Å².